The highest BCUT2D eigenvalue weighted by atomic mass is 79.9. The molecule has 0 bridgehead atoms. The molecule has 2 aromatic carbocycles. The Labute approximate surface area is 165 Å². The van der Waals surface area contributed by atoms with Gasteiger partial charge in [-0.2, -0.15) is 5.10 Å². The molecule has 0 spiro atoms. The summed E-state index contributed by atoms with van der Waals surface area (Å²) in [4.78, 5) is 0. The third-order valence-electron chi connectivity index (χ3n) is 4.60. The summed E-state index contributed by atoms with van der Waals surface area (Å²) in [6, 6.07) is 12.0. The standard InChI is InChI=1S/C19H17BrCl2N2O/c1-2-3-18-24-17(14-8-13(21)9-15(22)19(14)25-18)10-16(23-24)11-4-6-12(20)7-5-11/h4-9,17-18H,2-3,10H2,1H3/t17-,18-/m1/s1. The van der Waals surface area contributed by atoms with E-state index in [-0.39, 0.29) is 12.3 Å². The fourth-order valence-electron chi connectivity index (χ4n) is 3.44. The first-order valence-electron chi connectivity index (χ1n) is 8.34. The number of rotatable bonds is 3. The van der Waals surface area contributed by atoms with Gasteiger partial charge >= 0.3 is 0 Å². The molecule has 3 nitrogen and oxygen atoms in total. The summed E-state index contributed by atoms with van der Waals surface area (Å²) in [5.41, 5.74) is 3.20. The van der Waals surface area contributed by atoms with Crippen molar-refractivity contribution in [1.82, 2.24) is 5.01 Å². The predicted octanol–water partition coefficient (Wildman–Crippen LogP) is 6.43. The van der Waals surface area contributed by atoms with Gasteiger partial charge in [0.1, 0.15) is 5.75 Å². The van der Waals surface area contributed by atoms with Gasteiger partial charge in [0.25, 0.3) is 0 Å². The lowest BCUT2D eigenvalue weighted by atomic mass is 9.96. The van der Waals surface area contributed by atoms with E-state index in [4.69, 9.17) is 33.0 Å². The summed E-state index contributed by atoms with van der Waals surface area (Å²) < 4.78 is 7.26. The largest absolute Gasteiger partial charge is 0.467 e. The molecule has 0 fully saturated rings. The van der Waals surface area contributed by atoms with Crippen LogP contribution >= 0.6 is 39.1 Å². The molecule has 2 aliphatic heterocycles. The van der Waals surface area contributed by atoms with E-state index in [1.54, 1.807) is 6.07 Å². The van der Waals surface area contributed by atoms with E-state index in [1.807, 2.05) is 18.2 Å². The number of fused-ring (bicyclic) bond motifs is 3. The Kier molecular flexibility index (Phi) is 4.69. The second-order valence-corrected chi connectivity index (χ2v) is 8.08. The molecule has 0 saturated carbocycles. The Bertz CT molecular complexity index is 838. The highest BCUT2D eigenvalue weighted by Crippen LogP contribution is 2.47. The number of benzene rings is 2. The molecule has 2 atom stereocenters. The zero-order valence-corrected chi connectivity index (χ0v) is 16.8. The average molecular weight is 440 g/mol. The van der Waals surface area contributed by atoms with Gasteiger partial charge in [0.2, 0.25) is 0 Å². The van der Waals surface area contributed by atoms with Crippen molar-refractivity contribution in [2.24, 2.45) is 5.10 Å². The van der Waals surface area contributed by atoms with E-state index in [1.165, 1.54) is 0 Å². The number of ether oxygens (including phenoxy) is 1. The van der Waals surface area contributed by atoms with E-state index in [9.17, 15) is 0 Å². The van der Waals surface area contributed by atoms with Gasteiger partial charge in [0.05, 0.1) is 16.8 Å². The quantitative estimate of drug-likeness (QED) is 0.550. The predicted molar refractivity (Wildman–Crippen MR) is 106 cm³/mol. The minimum Gasteiger partial charge on any atom is -0.467 e. The summed E-state index contributed by atoms with van der Waals surface area (Å²) in [7, 11) is 0. The lowest BCUT2D eigenvalue weighted by Crippen LogP contribution is -2.40. The number of hydrazone groups is 1. The fraction of sp³-hybridized carbons (Fsp3) is 0.316. The Morgan fingerprint density at radius 3 is 2.72 bits per heavy atom. The lowest BCUT2D eigenvalue weighted by molar-refractivity contribution is -0.0222. The first-order chi connectivity index (χ1) is 12.1. The van der Waals surface area contributed by atoms with Gasteiger partial charge in [-0.05, 0) is 29.8 Å². The maximum atomic E-state index is 6.40. The van der Waals surface area contributed by atoms with Crippen LogP contribution in [0.4, 0.5) is 0 Å². The molecule has 0 aromatic heterocycles. The van der Waals surface area contributed by atoms with Crippen molar-refractivity contribution in [3.05, 3.63) is 62.0 Å². The Morgan fingerprint density at radius 1 is 1.24 bits per heavy atom. The van der Waals surface area contributed by atoms with Crippen molar-refractivity contribution >= 4 is 44.8 Å². The van der Waals surface area contributed by atoms with Gasteiger partial charge < -0.3 is 4.74 Å². The second-order valence-electron chi connectivity index (χ2n) is 6.32. The number of hydrogen-bond acceptors (Lipinski definition) is 3. The van der Waals surface area contributed by atoms with Crippen LogP contribution in [0.1, 0.15) is 43.4 Å². The van der Waals surface area contributed by atoms with Gasteiger partial charge in [0.15, 0.2) is 6.23 Å². The number of halogens is 3. The van der Waals surface area contributed by atoms with Crippen molar-refractivity contribution in [1.29, 1.82) is 0 Å². The van der Waals surface area contributed by atoms with Crippen LogP contribution in [0, 0.1) is 0 Å². The number of hydrogen-bond donors (Lipinski definition) is 0. The summed E-state index contributed by atoms with van der Waals surface area (Å²) in [5, 5.41) is 8.16. The van der Waals surface area contributed by atoms with E-state index in [2.05, 4.69) is 40.0 Å². The van der Waals surface area contributed by atoms with Crippen LogP contribution in [0.3, 0.4) is 0 Å². The van der Waals surface area contributed by atoms with Crippen molar-refractivity contribution < 1.29 is 4.74 Å². The summed E-state index contributed by atoms with van der Waals surface area (Å²) >= 11 is 16.1. The molecule has 2 aromatic rings. The summed E-state index contributed by atoms with van der Waals surface area (Å²) in [6.07, 6.45) is 2.62. The molecule has 0 radical (unpaired) electrons. The van der Waals surface area contributed by atoms with Gasteiger partial charge in [-0.3, -0.25) is 5.01 Å². The van der Waals surface area contributed by atoms with Gasteiger partial charge in [-0.15, -0.1) is 0 Å². The van der Waals surface area contributed by atoms with Crippen LogP contribution in [0.25, 0.3) is 0 Å². The molecular formula is C19H17BrCl2N2O. The highest BCUT2D eigenvalue weighted by Gasteiger charge is 2.40. The van der Waals surface area contributed by atoms with E-state index >= 15 is 0 Å². The molecule has 6 heteroatoms. The average Bonchev–Trinajstić information content (AvgIpc) is 3.02. The molecule has 0 N–H and O–H groups in total. The molecule has 0 aliphatic carbocycles. The maximum absolute atomic E-state index is 6.40. The topological polar surface area (TPSA) is 24.8 Å². The monoisotopic (exact) mass is 438 g/mol. The lowest BCUT2D eigenvalue weighted by Gasteiger charge is -2.38. The van der Waals surface area contributed by atoms with Crippen LogP contribution in [0.2, 0.25) is 10.0 Å². The fourth-order valence-corrected chi connectivity index (χ4v) is 4.26. The Morgan fingerprint density at radius 2 is 2.00 bits per heavy atom. The third-order valence-corrected chi connectivity index (χ3v) is 5.63. The van der Waals surface area contributed by atoms with Crippen LogP contribution in [0.5, 0.6) is 5.75 Å². The first-order valence-corrected chi connectivity index (χ1v) is 9.89. The summed E-state index contributed by atoms with van der Waals surface area (Å²) in [5.74, 6) is 0.748. The maximum Gasteiger partial charge on any atom is 0.187 e. The minimum atomic E-state index is -0.103. The second kappa shape index (κ2) is 6.82. The van der Waals surface area contributed by atoms with Crippen molar-refractivity contribution in [3.8, 4) is 5.75 Å². The van der Waals surface area contributed by atoms with Crippen molar-refractivity contribution in [3.63, 3.8) is 0 Å². The molecule has 0 saturated heterocycles. The van der Waals surface area contributed by atoms with Crippen molar-refractivity contribution in [2.45, 2.75) is 38.5 Å². The van der Waals surface area contributed by atoms with Gasteiger partial charge in [0, 0.05) is 27.9 Å². The van der Waals surface area contributed by atoms with E-state index in [0.717, 1.165) is 46.3 Å². The van der Waals surface area contributed by atoms with E-state index < -0.39 is 0 Å². The van der Waals surface area contributed by atoms with Crippen LogP contribution < -0.4 is 4.74 Å². The SMILES string of the molecule is CCC[C@H]1Oc2c(Cl)cc(Cl)cc2[C@H]2CC(c3ccc(Br)cc3)=NN21. The third kappa shape index (κ3) is 3.16. The minimum absolute atomic E-state index is 0.103. The molecular weight excluding hydrogens is 423 g/mol. The Balaban J connectivity index is 1.75. The molecule has 2 aliphatic rings. The van der Waals surface area contributed by atoms with Crippen LogP contribution in [0.15, 0.2) is 46.0 Å². The van der Waals surface area contributed by atoms with Gasteiger partial charge in [-0.1, -0.05) is 64.6 Å². The zero-order chi connectivity index (χ0) is 17.6. The first kappa shape index (κ1) is 17.2. The molecule has 2 heterocycles. The normalized spacial score (nSPS) is 21.4. The highest BCUT2D eigenvalue weighted by molar-refractivity contribution is 9.10. The number of nitrogens with zero attached hydrogens (tertiary/aromatic N) is 2. The van der Waals surface area contributed by atoms with Crippen LogP contribution in [-0.4, -0.2) is 16.9 Å². The van der Waals surface area contributed by atoms with Gasteiger partial charge in [-0.25, -0.2) is 0 Å². The summed E-state index contributed by atoms with van der Waals surface area (Å²) in [6.45, 7) is 2.15. The zero-order valence-electron chi connectivity index (χ0n) is 13.7. The molecule has 4 rings (SSSR count). The molecule has 0 amide bonds. The van der Waals surface area contributed by atoms with Crippen LogP contribution in [-0.2, 0) is 0 Å². The van der Waals surface area contributed by atoms with E-state index in [0.29, 0.717) is 10.0 Å². The molecule has 130 valence electrons. The smallest absolute Gasteiger partial charge is 0.187 e. The Hall–Kier alpha value is -1.23. The molecule has 25 heavy (non-hydrogen) atoms. The van der Waals surface area contributed by atoms with Crippen molar-refractivity contribution in [2.75, 3.05) is 0 Å². The molecule has 0 unspecified atom stereocenters.